The number of methoxy groups -OCH3 is 1. The van der Waals surface area contributed by atoms with E-state index in [1.54, 1.807) is 0 Å². The molecule has 0 radical (unpaired) electrons. The zero-order valence-corrected chi connectivity index (χ0v) is 9.74. The third-order valence-electron chi connectivity index (χ3n) is 2.12. The van der Waals surface area contributed by atoms with Gasteiger partial charge in [-0.15, -0.1) is 0 Å². The van der Waals surface area contributed by atoms with Crippen molar-refractivity contribution >= 4 is 17.6 Å². The van der Waals surface area contributed by atoms with E-state index in [1.807, 2.05) is 30.3 Å². The zero-order valence-electron chi connectivity index (χ0n) is 9.74. The van der Waals surface area contributed by atoms with E-state index in [-0.39, 0.29) is 6.61 Å². The minimum absolute atomic E-state index is 0.216. The molecule has 0 amide bonds. The molecule has 0 aliphatic heterocycles. The van der Waals surface area contributed by atoms with E-state index < -0.39 is 5.97 Å². The molecular weight excluding hydrogens is 236 g/mol. The lowest BCUT2D eigenvalue weighted by atomic mass is 10.3. The van der Waals surface area contributed by atoms with E-state index in [0.717, 1.165) is 5.69 Å². The average molecular weight is 248 g/mol. The number of para-hydroxylation sites is 1. The predicted octanol–water partition coefficient (Wildman–Crippen LogP) is 1.05. The predicted molar refractivity (Wildman–Crippen MR) is 62.9 cm³/mol. The van der Waals surface area contributed by atoms with Crippen LogP contribution in [0.2, 0.25) is 0 Å². The number of carbonyl (C=O) groups excluding carboxylic acids is 1. The summed E-state index contributed by atoms with van der Waals surface area (Å²) in [5, 5.41) is 7.79. The highest BCUT2D eigenvalue weighted by atomic mass is 16.7. The van der Waals surface area contributed by atoms with Gasteiger partial charge in [0.2, 0.25) is 5.95 Å². The number of benzene rings is 1. The molecule has 2 aromatic rings. The molecule has 7 heteroatoms. The molecular formula is C11H12N4O3. The molecule has 1 aromatic heterocycles. The van der Waals surface area contributed by atoms with Crippen LogP contribution in [0.5, 0.6) is 0 Å². The molecule has 18 heavy (non-hydrogen) atoms. The van der Waals surface area contributed by atoms with Crippen molar-refractivity contribution in [1.29, 1.82) is 0 Å². The van der Waals surface area contributed by atoms with Crippen LogP contribution in [0.3, 0.4) is 0 Å². The van der Waals surface area contributed by atoms with E-state index in [9.17, 15) is 4.79 Å². The minimum atomic E-state index is -0.476. The molecule has 1 heterocycles. The topological polar surface area (TPSA) is 80.3 Å². The highest BCUT2D eigenvalue weighted by Gasteiger charge is 2.14. The van der Waals surface area contributed by atoms with Gasteiger partial charge < -0.3 is 4.74 Å². The number of anilines is 2. The smallest absolute Gasteiger partial charge is 0.334 e. The maximum Gasteiger partial charge on any atom is 0.334 e. The number of aromatic amines is 1. The summed E-state index contributed by atoms with van der Waals surface area (Å²) in [4.78, 5) is 20.4. The van der Waals surface area contributed by atoms with Crippen LogP contribution in [0.4, 0.5) is 11.6 Å². The van der Waals surface area contributed by atoms with Gasteiger partial charge in [-0.25, -0.2) is 9.89 Å². The van der Waals surface area contributed by atoms with Gasteiger partial charge in [0.1, 0.15) is 6.33 Å². The van der Waals surface area contributed by atoms with Crippen molar-refractivity contribution in [2.45, 2.75) is 0 Å². The number of aromatic nitrogens is 3. The van der Waals surface area contributed by atoms with E-state index in [1.165, 1.54) is 18.5 Å². The van der Waals surface area contributed by atoms with Crippen molar-refractivity contribution in [3.05, 3.63) is 36.7 Å². The molecule has 0 unspecified atom stereocenters. The Morgan fingerprint density at radius 3 is 2.78 bits per heavy atom. The molecule has 0 bridgehead atoms. The van der Waals surface area contributed by atoms with Crippen LogP contribution in [0, 0.1) is 0 Å². The first-order valence-corrected chi connectivity index (χ1v) is 5.21. The maximum absolute atomic E-state index is 11.1. The van der Waals surface area contributed by atoms with Crippen molar-refractivity contribution < 1.29 is 14.4 Å². The Labute approximate surface area is 103 Å². The third-order valence-corrected chi connectivity index (χ3v) is 2.12. The van der Waals surface area contributed by atoms with E-state index in [4.69, 9.17) is 4.84 Å². The van der Waals surface area contributed by atoms with E-state index >= 15 is 0 Å². The van der Waals surface area contributed by atoms with Crippen LogP contribution in [-0.2, 0) is 14.4 Å². The Kier molecular flexibility index (Phi) is 3.87. The van der Waals surface area contributed by atoms with Crippen molar-refractivity contribution in [3.63, 3.8) is 0 Å². The van der Waals surface area contributed by atoms with Gasteiger partial charge in [0.15, 0.2) is 6.61 Å². The first kappa shape index (κ1) is 12.1. The Balaban J connectivity index is 2.16. The standard InChI is InChI=1S/C11H12N4O3/c1-17-10(16)7-18-15(11-12-8-13-14-11)9-5-3-2-4-6-9/h2-6,8H,7H2,1H3,(H,12,13,14). The number of carbonyl (C=O) groups is 1. The van der Waals surface area contributed by atoms with Gasteiger partial charge >= 0.3 is 5.97 Å². The molecule has 0 saturated heterocycles. The fourth-order valence-corrected chi connectivity index (χ4v) is 1.29. The second kappa shape index (κ2) is 5.78. The second-order valence-electron chi connectivity index (χ2n) is 3.29. The summed E-state index contributed by atoms with van der Waals surface area (Å²) in [5.41, 5.74) is 0.721. The number of nitrogens with one attached hydrogen (secondary N) is 1. The Morgan fingerprint density at radius 1 is 1.39 bits per heavy atom. The molecule has 0 aliphatic carbocycles. The van der Waals surface area contributed by atoms with Gasteiger partial charge in [-0.2, -0.15) is 15.1 Å². The van der Waals surface area contributed by atoms with E-state index in [2.05, 4.69) is 19.9 Å². The quantitative estimate of drug-likeness (QED) is 0.629. The van der Waals surface area contributed by atoms with Crippen LogP contribution in [0.15, 0.2) is 36.7 Å². The van der Waals surface area contributed by atoms with Gasteiger partial charge in [-0.1, -0.05) is 18.2 Å². The van der Waals surface area contributed by atoms with Crippen LogP contribution in [0.1, 0.15) is 0 Å². The summed E-state index contributed by atoms with van der Waals surface area (Å²) in [7, 11) is 1.30. The number of nitrogens with zero attached hydrogens (tertiary/aromatic N) is 3. The fourth-order valence-electron chi connectivity index (χ4n) is 1.29. The lowest BCUT2D eigenvalue weighted by Gasteiger charge is -2.19. The zero-order chi connectivity index (χ0) is 12.8. The summed E-state index contributed by atoms with van der Waals surface area (Å²) < 4.78 is 4.52. The summed E-state index contributed by atoms with van der Waals surface area (Å²) in [6, 6.07) is 9.21. The molecule has 94 valence electrons. The Morgan fingerprint density at radius 2 is 2.17 bits per heavy atom. The Hall–Kier alpha value is -2.41. The first-order valence-electron chi connectivity index (χ1n) is 5.21. The van der Waals surface area contributed by atoms with Crippen molar-refractivity contribution in [3.8, 4) is 0 Å². The van der Waals surface area contributed by atoms with Gasteiger partial charge in [-0.3, -0.25) is 4.84 Å². The minimum Gasteiger partial charge on any atom is -0.467 e. The molecule has 0 atom stereocenters. The van der Waals surface area contributed by atoms with Crippen molar-refractivity contribution in [2.24, 2.45) is 0 Å². The van der Waals surface area contributed by atoms with Crippen LogP contribution >= 0.6 is 0 Å². The van der Waals surface area contributed by atoms with Crippen molar-refractivity contribution in [1.82, 2.24) is 15.2 Å². The number of hydrogen-bond acceptors (Lipinski definition) is 6. The normalized spacial score (nSPS) is 10.1. The second-order valence-corrected chi connectivity index (χ2v) is 3.29. The molecule has 1 aromatic carbocycles. The van der Waals surface area contributed by atoms with Gasteiger partial charge in [0, 0.05) is 0 Å². The first-order chi connectivity index (χ1) is 8.81. The van der Waals surface area contributed by atoms with Crippen LogP contribution in [0.25, 0.3) is 0 Å². The molecule has 0 fully saturated rings. The Bertz CT molecular complexity index is 486. The summed E-state index contributed by atoms with van der Waals surface area (Å²) >= 11 is 0. The molecule has 1 N–H and O–H groups in total. The highest BCUT2D eigenvalue weighted by Crippen LogP contribution is 2.20. The number of esters is 1. The largest absolute Gasteiger partial charge is 0.467 e. The van der Waals surface area contributed by atoms with Gasteiger partial charge in [0.25, 0.3) is 0 Å². The number of rotatable bonds is 5. The number of H-pyrrole nitrogens is 1. The van der Waals surface area contributed by atoms with Crippen LogP contribution < -0.4 is 5.06 Å². The summed E-state index contributed by atoms with van der Waals surface area (Å²) in [5.74, 6) is -0.0967. The van der Waals surface area contributed by atoms with Crippen LogP contribution in [-0.4, -0.2) is 34.9 Å². The lowest BCUT2D eigenvalue weighted by Crippen LogP contribution is -2.23. The molecule has 2 rings (SSSR count). The average Bonchev–Trinajstić information content (AvgIpc) is 2.94. The monoisotopic (exact) mass is 248 g/mol. The fraction of sp³-hybridized carbons (Fsp3) is 0.182. The molecule has 7 nitrogen and oxygen atoms in total. The molecule has 0 spiro atoms. The number of hydrogen-bond donors (Lipinski definition) is 1. The summed E-state index contributed by atoms with van der Waals surface area (Å²) in [6.45, 7) is -0.216. The number of ether oxygens (including phenoxy) is 1. The molecule has 0 aliphatic rings. The SMILES string of the molecule is COC(=O)CON(c1ccccc1)c1ncn[nH]1. The van der Waals surface area contributed by atoms with Crippen molar-refractivity contribution in [2.75, 3.05) is 18.8 Å². The summed E-state index contributed by atoms with van der Waals surface area (Å²) in [6.07, 6.45) is 1.35. The maximum atomic E-state index is 11.1. The third kappa shape index (κ3) is 2.83. The van der Waals surface area contributed by atoms with Gasteiger partial charge in [0.05, 0.1) is 12.8 Å². The molecule has 0 saturated carbocycles. The highest BCUT2D eigenvalue weighted by molar-refractivity contribution is 5.70. The lowest BCUT2D eigenvalue weighted by molar-refractivity contribution is -0.145. The van der Waals surface area contributed by atoms with Gasteiger partial charge in [-0.05, 0) is 12.1 Å². The van der Waals surface area contributed by atoms with E-state index in [0.29, 0.717) is 5.95 Å².